The van der Waals surface area contributed by atoms with E-state index in [9.17, 15) is 9.90 Å². The standard InChI is InChI=1S/C14H24O4/c15-10-13-8-11(16)9-14(18-13)17-12-6-4-2-1-3-5-7-12/h10-14,16H,1-9H2/t11-,13-,14+/m0/s1. The molecule has 4 nitrogen and oxygen atoms in total. The molecule has 0 unspecified atom stereocenters. The first-order chi connectivity index (χ1) is 8.78. The quantitative estimate of drug-likeness (QED) is 0.786. The van der Waals surface area contributed by atoms with Gasteiger partial charge in [0.05, 0.1) is 12.2 Å². The van der Waals surface area contributed by atoms with Crippen LogP contribution in [0.4, 0.5) is 0 Å². The van der Waals surface area contributed by atoms with Crippen molar-refractivity contribution in [1.29, 1.82) is 0 Å². The van der Waals surface area contributed by atoms with Gasteiger partial charge in [-0.05, 0) is 12.8 Å². The predicted octanol–water partition coefficient (Wildman–Crippen LogP) is 2.18. The number of rotatable bonds is 3. The van der Waals surface area contributed by atoms with Crippen LogP contribution in [0.25, 0.3) is 0 Å². The molecule has 0 amide bonds. The van der Waals surface area contributed by atoms with E-state index in [0.717, 1.165) is 19.1 Å². The highest BCUT2D eigenvalue weighted by atomic mass is 16.7. The van der Waals surface area contributed by atoms with Gasteiger partial charge < -0.3 is 19.4 Å². The second-order valence-corrected chi connectivity index (χ2v) is 5.47. The third-order valence-corrected chi connectivity index (χ3v) is 3.84. The van der Waals surface area contributed by atoms with E-state index in [0.29, 0.717) is 12.8 Å². The van der Waals surface area contributed by atoms with Crippen molar-refractivity contribution in [2.75, 3.05) is 0 Å². The zero-order chi connectivity index (χ0) is 12.8. The van der Waals surface area contributed by atoms with Crippen LogP contribution in [0, 0.1) is 0 Å². The molecule has 0 spiro atoms. The molecule has 1 N–H and O–H groups in total. The number of aliphatic hydroxyl groups excluding tert-OH is 1. The number of carbonyl (C=O) groups is 1. The SMILES string of the molecule is O=C[C@@H]1C[C@H](O)C[C@H](OC2CCCCCCC2)O1. The Morgan fingerprint density at radius 1 is 1.06 bits per heavy atom. The zero-order valence-electron chi connectivity index (χ0n) is 10.9. The first-order valence-corrected chi connectivity index (χ1v) is 7.22. The van der Waals surface area contributed by atoms with Gasteiger partial charge >= 0.3 is 0 Å². The van der Waals surface area contributed by atoms with E-state index in [4.69, 9.17) is 9.47 Å². The summed E-state index contributed by atoms with van der Waals surface area (Å²) in [6, 6.07) is 0. The van der Waals surface area contributed by atoms with E-state index in [2.05, 4.69) is 0 Å². The first kappa shape index (κ1) is 14.0. The molecule has 18 heavy (non-hydrogen) atoms. The maximum absolute atomic E-state index is 10.8. The van der Waals surface area contributed by atoms with E-state index < -0.39 is 18.5 Å². The van der Waals surface area contributed by atoms with Gasteiger partial charge in [-0.25, -0.2) is 0 Å². The lowest BCUT2D eigenvalue weighted by atomic mass is 9.98. The van der Waals surface area contributed by atoms with E-state index in [1.165, 1.54) is 32.1 Å². The molecule has 1 saturated heterocycles. The van der Waals surface area contributed by atoms with Crippen molar-refractivity contribution in [3.63, 3.8) is 0 Å². The van der Waals surface area contributed by atoms with Crippen LogP contribution < -0.4 is 0 Å². The molecule has 2 fully saturated rings. The Hall–Kier alpha value is -0.450. The molecular weight excluding hydrogens is 232 g/mol. The predicted molar refractivity (Wildman–Crippen MR) is 67.2 cm³/mol. The molecule has 0 aromatic heterocycles. The van der Waals surface area contributed by atoms with Gasteiger partial charge in [0.2, 0.25) is 0 Å². The Kier molecular flexibility index (Phi) is 5.60. The van der Waals surface area contributed by atoms with Gasteiger partial charge in [0.15, 0.2) is 6.29 Å². The molecule has 1 heterocycles. The molecule has 0 radical (unpaired) electrons. The highest BCUT2D eigenvalue weighted by molar-refractivity contribution is 5.56. The molecule has 1 aliphatic heterocycles. The van der Waals surface area contributed by atoms with Crippen LogP contribution in [-0.4, -0.2) is 36.0 Å². The fourth-order valence-corrected chi connectivity index (χ4v) is 2.84. The Labute approximate surface area is 109 Å². The van der Waals surface area contributed by atoms with Crippen LogP contribution in [0.2, 0.25) is 0 Å². The zero-order valence-corrected chi connectivity index (χ0v) is 10.9. The molecule has 104 valence electrons. The van der Waals surface area contributed by atoms with Crippen LogP contribution in [0.3, 0.4) is 0 Å². The van der Waals surface area contributed by atoms with Gasteiger partial charge in [0.1, 0.15) is 12.4 Å². The summed E-state index contributed by atoms with van der Waals surface area (Å²) in [6.45, 7) is 0. The fraction of sp³-hybridized carbons (Fsp3) is 0.929. The number of aldehydes is 1. The van der Waals surface area contributed by atoms with Crippen LogP contribution in [0.5, 0.6) is 0 Å². The third kappa shape index (κ3) is 4.34. The van der Waals surface area contributed by atoms with Gasteiger partial charge in [-0.15, -0.1) is 0 Å². The van der Waals surface area contributed by atoms with Gasteiger partial charge in [-0.3, -0.25) is 0 Å². The molecule has 0 aromatic carbocycles. The van der Waals surface area contributed by atoms with Crippen molar-refractivity contribution in [3.8, 4) is 0 Å². The Balaban J connectivity index is 1.80. The van der Waals surface area contributed by atoms with Crippen molar-refractivity contribution in [1.82, 2.24) is 0 Å². The summed E-state index contributed by atoms with van der Waals surface area (Å²) in [5.41, 5.74) is 0. The molecule has 1 saturated carbocycles. The van der Waals surface area contributed by atoms with E-state index in [1.54, 1.807) is 0 Å². The molecule has 2 aliphatic rings. The van der Waals surface area contributed by atoms with Crippen LogP contribution >= 0.6 is 0 Å². The van der Waals surface area contributed by atoms with Gasteiger partial charge in [0.25, 0.3) is 0 Å². The first-order valence-electron chi connectivity index (χ1n) is 7.22. The van der Waals surface area contributed by atoms with E-state index in [-0.39, 0.29) is 6.10 Å². The summed E-state index contributed by atoms with van der Waals surface area (Å²) < 4.78 is 11.5. The maximum Gasteiger partial charge on any atom is 0.161 e. The van der Waals surface area contributed by atoms with E-state index in [1.807, 2.05) is 0 Å². The van der Waals surface area contributed by atoms with Crippen LogP contribution in [0.1, 0.15) is 57.8 Å². The normalized spacial score (nSPS) is 35.7. The van der Waals surface area contributed by atoms with Crippen molar-refractivity contribution >= 4 is 6.29 Å². The van der Waals surface area contributed by atoms with Crippen LogP contribution in [-0.2, 0) is 14.3 Å². The van der Waals surface area contributed by atoms with Crippen molar-refractivity contribution in [2.45, 2.75) is 82.4 Å². The summed E-state index contributed by atoms with van der Waals surface area (Å²) in [6.07, 6.45) is 8.93. The van der Waals surface area contributed by atoms with Gasteiger partial charge in [-0.2, -0.15) is 0 Å². The summed E-state index contributed by atoms with van der Waals surface area (Å²) in [5.74, 6) is 0. The smallest absolute Gasteiger partial charge is 0.161 e. The van der Waals surface area contributed by atoms with Gasteiger partial charge in [0, 0.05) is 12.8 Å². The largest absolute Gasteiger partial charge is 0.393 e. The number of carbonyl (C=O) groups excluding carboxylic acids is 1. The topological polar surface area (TPSA) is 55.8 Å². The summed E-state index contributed by atoms with van der Waals surface area (Å²) >= 11 is 0. The Morgan fingerprint density at radius 2 is 1.72 bits per heavy atom. The molecular formula is C14H24O4. The highest BCUT2D eigenvalue weighted by Gasteiger charge is 2.30. The molecule has 0 bridgehead atoms. The second-order valence-electron chi connectivity index (χ2n) is 5.47. The fourth-order valence-electron chi connectivity index (χ4n) is 2.84. The second kappa shape index (κ2) is 7.22. The lowest BCUT2D eigenvalue weighted by Gasteiger charge is -2.33. The average molecular weight is 256 g/mol. The minimum atomic E-state index is -0.507. The monoisotopic (exact) mass is 256 g/mol. The molecule has 1 aliphatic carbocycles. The number of ether oxygens (including phenoxy) is 2. The lowest BCUT2D eigenvalue weighted by Crippen LogP contribution is -2.39. The number of hydrogen-bond donors (Lipinski definition) is 1. The average Bonchev–Trinajstić information content (AvgIpc) is 2.31. The number of aliphatic hydroxyl groups is 1. The molecule has 4 heteroatoms. The number of hydrogen-bond acceptors (Lipinski definition) is 4. The van der Waals surface area contributed by atoms with Crippen molar-refractivity contribution < 1.29 is 19.4 Å². The maximum atomic E-state index is 10.8. The summed E-state index contributed by atoms with van der Waals surface area (Å²) in [4.78, 5) is 10.8. The minimum Gasteiger partial charge on any atom is -0.393 e. The summed E-state index contributed by atoms with van der Waals surface area (Å²) in [7, 11) is 0. The minimum absolute atomic E-state index is 0.230. The van der Waals surface area contributed by atoms with Crippen molar-refractivity contribution in [3.05, 3.63) is 0 Å². The Morgan fingerprint density at radius 3 is 2.39 bits per heavy atom. The van der Waals surface area contributed by atoms with Gasteiger partial charge in [-0.1, -0.05) is 32.1 Å². The molecule has 3 atom stereocenters. The highest BCUT2D eigenvalue weighted by Crippen LogP contribution is 2.25. The Bertz CT molecular complexity index is 248. The third-order valence-electron chi connectivity index (χ3n) is 3.84. The lowest BCUT2D eigenvalue weighted by molar-refractivity contribution is -0.229. The van der Waals surface area contributed by atoms with E-state index >= 15 is 0 Å². The van der Waals surface area contributed by atoms with Crippen molar-refractivity contribution in [2.24, 2.45) is 0 Å². The van der Waals surface area contributed by atoms with Crippen LogP contribution in [0.15, 0.2) is 0 Å². The summed E-state index contributed by atoms with van der Waals surface area (Å²) in [5, 5.41) is 9.69. The molecule has 0 aromatic rings. The molecule has 2 rings (SSSR count).